The van der Waals surface area contributed by atoms with Gasteiger partial charge in [0.2, 0.25) is 17.8 Å². The average molecular weight is 383 g/mol. The minimum Gasteiger partial charge on any atom is -0.339 e. The Bertz CT molecular complexity index is 843. The van der Waals surface area contributed by atoms with E-state index in [1.807, 2.05) is 29.6 Å². The van der Waals surface area contributed by atoms with Crippen LogP contribution in [-0.2, 0) is 9.59 Å². The van der Waals surface area contributed by atoms with Crippen LogP contribution in [-0.4, -0.2) is 69.2 Å². The van der Waals surface area contributed by atoms with Crippen LogP contribution in [0, 0.1) is 5.92 Å². The van der Waals surface area contributed by atoms with Crippen molar-refractivity contribution in [3.8, 4) is 0 Å². The van der Waals surface area contributed by atoms with Crippen LogP contribution < -0.4 is 9.80 Å². The highest BCUT2D eigenvalue weighted by molar-refractivity contribution is 6.00. The highest BCUT2D eigenvalue weighted by Gasteiger charge is 2.38. The molecule has 2 aliphatic rings. The van der Waals surface area contributed by atoms with E-state index in [4.69, 9.17) is 0 Å². The summed E-state index contributed by atoms with van der Waals surface area (Å²) >= 11 is 0. The summed E-state index contributed by atoms with van der Waals surface area (Å²) in [6.07, 6.45) is 7.27. The SMILES string of the molecule is CC(C)n1cc(N2C[C@@H](C(=O)N3CCN(c4ncccn4)CC3)CC2=O)cn1. The third-order valence-electron chi connectivity index (χ3n) is 5.33. The number of amides is 2. The Hall–Kier alpha value is -2.97. The second kappa shape index (κ2) is 7.57. The molecule has 148 valence electrons. The van der Waals surface area contributed by atoms with Gasteiger partial charge in [-0.25, -0.2) is 9.97 Å². The summed E-state index contributed by atoms with van der Waals surface area (Å²) in [4.78, 5) is 39.6. The van der Waals surface area contributed by atoms with E-state index in [1.165, 1.54) is 0 Å². The molecule has 9 nitrogen and oxygen atoms in total. The number of hydrogen-bond acceptors (Lipinski definition) is 6. The molecule has 2 aromatic rings. The molecule has 4 heterocycles. The molecule has 1 atom stereocenters. The van der Waals surface area contributed by atoms with Gasteiger partial charge < -0.3 is 14.7 Å². The Labute approximate surface area is 164 Å². The molecule has 0 aromatic carbocycles. The van der Waals surface area contributed by atoms with E-state index in [1.54, 1.807) is 29.6 Å². The van der Waals surface area contributed by atoms with Crippen molar-refractivity contribution in [2.24, 2.45) is 5.92 Å². The van der Waals surface area contributed by atoms with Crippen LogP contribution in [0.1, 0.15) is 26.3 Å². The Kier molecular flexibility index (Phi) is 4.97. The van der Waals surface area contributed by atoms with E-state index in [0.29, 0.717) is 38.7 Å². The summed E-state index contributed by atoms with van der Waals surface area (Å²) in [5.74, 6) is 0.437. The van der Waals surface area contributed by atoms with Crippen LogP contribution in [0.4, 0.5) is 11.6 Å². The summed E-state index contributed by atoms with van der Waals surface area (Å²) in [6, 6.07) is 2.02. The predicted octanol–water partition coefficient (Wildman–Crippen LogP) is 0.956. The van der Waals surface area contributed by atoms with Crippen molar-refractivity contribution in [1.29, 1.82) is 0 Å². The normalized spacial score (nSPS) is 20.3. The minimum absolute atomic E-state index is 0.0158. The van der Waals surface area contributed by atoms with Crippen molar-refractivity contribution in [3.63, 3.8) is 0 Å². The fourth-order valence-electron chi connectivity index (χ4n) is 3.71. The summed E-state index contributed by atoms with van der Waals surface area (Å²) in [7, 11) is 0. The smallest absolute Gasteiger partial charge is 0.228 e. The lowest BCUT2D eigenvalue weighted by Crippen LogP contribution is -2.51. The lowest BCUT2D eigenvalue weighted by Gasteiger charge is -2.35. The highest BCUT2D eigenvalue weighted by atomic mass is 16.2. The molecule has 0 radical (unpaired) electrons. The number of anilines is 2. The molecule has 0 spiro atoms. The zero-order valence-corrected chi connectivity index (χ0v) is 16.2. The van der Waals surface area contributed by atoms with E-state index in [2.05, 4.69) is 20.0 Å². The first-order valence-corrected chi connectivity index (χ1v) is 9.68. The van der Waals surface area contributed by atoms with Crippen molar-refractivity contribution >= 4 is 23.5 Å². The lowest BCUT2D eigenvalue weighted by molar-refractivity contribution is -0.136. The average Bonchev–Trinajstić information content (AvgIpc) is 3.35. The van der Waals surface area contributed by atoms with Gasteiger partial charge in [0.05, 0.1) is 17.8 Å². The van der Waals surface area contributed by atoms with E-state index in [0.717, 1.165) is 5.69 Å². The van der Waals surface area contributed by atoms with Crippen molar-refractivity contribution in [2.45, 2.75) is 26.3 Å². The van der Waals surface area contributed by atoms with Crippen LogP contribution in [0.5, 0.6) is 0 Å². The molecule has 4 rings (SSSR count). The maximum absolute atomic E-state index is 13.0. The van der Waals surface area contributed by atoms with Gasteiger partial charge in [0.25, 0.3) is 0 Å². The quantitative estimate of drug-likeness (QED) is 0.781. The third kappa shape index (κ3) is 3.56. The Balaban J connectivity index is 1.36. The van der Waals surface area contributed by atoms with Gasteiger partial charge in [-0.15, -0.1) is 0 Å². The molecule has 2 saturated heterocycles. The molecule has 0 bridgehead atoms. The van der Waals surface area contributed by atoms with Gasteiger partial charge in [-0.2, -0.15) is 5.10 Å². The monoisotopic (exact) mass is 383 g/mol. The first kappa shape index (κ1) is 18.4. The summed E-state index contributed by atoms with van der Waals surface area (Å²) < 4.78 is 1.82. The van der Waals surface area contributed by atoms with Gasteiger partial charge in [0, 0.05) is 63.8 Å². The first-order chi connectivity index (χ1) is 13.5. The van der Waals surface area contributed by atoms with E-state index in [9.17, 15) is 9.59 Å². The second-order valence-corrected chi connectivity index (χ2v) is 7.54. The summed E-state index contributed by atoms with van der Waals surface area (Å²) in [5, 5.41) is 4.30. The zero-order valence-electron chi connectivity index (χ0n) is 16.2. The highest BCUT2D eigenvalue weighted by Crippen LogP contribution is 2.27. The Morgan fingerprint density at radius 3 is 2.50 bits per heavy atom. The van der Waals surface area contributed by atoms with Gasteiger partial charge in [0.1, 0.15) is 0 Å². The molecule has 0 unspecified atom stereocenters. The molecular formula is C19H25N7O2. The zero-order chi connectivity index (χ0) is 19.7. The summed E-state index contributed by atoms with van der Waals surface area (Å²) in [6.45, 7) is 7.12. The van der Waals surface area contributed by atoms with Crippen LogP contribution in [0.2, 0.25) is 0 Å². The van der Waals surface area contributed by atoms with E-state index in [-0.39, 0.29) is 30.2 Å². The number of carbonyl (C=O) groups is 2. The van der Waals surface area contributed by atoms with E-state index >= 15 is 0 Å². The molecule has 9 heteroatoms. The third-order valence-corrected chi connectivity index (χ3v) is 5.33. The van der Waals surface area contributed by atoms with Gasteiger partial charge in [-0.1, -0.05) is 0 Å². The van der Waals surface area contributed by atoms with Gasteiger partial charge >= 0.3 is 0 Å². The summed E-state index contributed by atoms with van der Waals surface area (Å²) in [5.41, 5.74) is 0.764. The molecule has 2 fully saturated rings. The van der Waals surface area contributed by atoms with Crippen molar-refractivity contribution in [3.05, 3.63) is 30.9 Å². The molecule has 0 N–H and O–H groups in total. The maximum Gasteiger partial charge on any atom is 0.228 e. The fraction of sp³-hybridized carbons (Fsp3) is 0.526. The Morgan fingerprint density at radius 2 is 1.86 bits per heavy atom. The van der Waals surface area contributed by atoms with Gasteiger partial charge in [-0.3, -0.25) is 14.3 Å². The second-order valence-electron chi connectivity index (χ2n) is 7.54. The van der Waals surface area contributed by atoms with Gasteiger partial charge in [0.15, 0.2) is 0 Å². The standard InChI is InChI=1S/C19H25N7O2/c1-14(2)26-13-16(11-22-26)25-12-15(10-17(25)27)18(28)23-6-8-24(9-7-23)19-20-4-3-5-21-19/h3-5,11,13-15H,6-10,12H2,1-2H3/t15-/m0/s1. The molecule has 0 aliphatic carbocycles. The van der Waals surface area contributed by atoms with Crippen molar-refractivity contribution in [2.75, 3.05) is 42.5 Å². The number of aromatic nitrogens is 4. The van der Waals surface area contributed by atoms with Gasteiger partial charge in [-0.05, 0) is 19.9 Å². The van der Waals surface area contributed by atoms with Crippen LogP contribution in [0.15, 0.2) is 30.9 Å². The largest absolute Gasteiger partial charge is 0.339 e. The van der Waals surface area contributed by atoms with Crippen LogP contribution in [0.25, 0.3) is 0 Å². The maximum atomic E-state index is 13.0. The molecule has 0 saturated carbocycles. The van der Waals surface area contributed by atoms with Crippen LogP contribution >= 0.6 is 0 Å². The molecule has 2 amide bonds. The first-order valence-electron chi connectivity index (χ1n) is 9.68. The number of carbonyl (C=O) groups excluding carboxylic acids is 2. The van der Waals surface area contributed by atoms with E-state index < -0.39 is 0 Å². The molecule has 2 aromatic heterocycles. The molecular weight excluding hydrogens is 358 g/mol. The predicted molar refractivity (Wildman–Crippen MR) is 104 cm³/mol. The molecule has 2 aliphatic heterocycles. The minimum atomic E-state index is -0.297. The number of piperazine rings is 1. The number of nitrogens with zero attached hydrogens (tertiary/aromatic N) is 7. The fourth-order valence-corrected chi connectivity index (χ4v) is 3.71. The topological polar surface area (TPSA) is 87.5 Å². The van der Waals surface area contributed by atoms with Crippen LogP contribution in [0.3, 0.4) is 0 Å². The Morgan fingerprint density at radius 1 is 1.14 bits per heavy atom. The van der Waals surface area contributed by atoms with Crippen molar-refractivity contribution in [1.82, 2.24) is 24.6 Å². The lowest BCUT2D eigenvalue weighted by atomic mass is 10.1. The molecule has 28 heavy (non-hydrogen) atoms. The number of rotatable bonds is 4. The number of hydrogen-bond donors (Lipinski definition) is 0. The van der Waals surface area contributed by atoms with Crippen molar-refractivity contribution < 1.29 is 9.59 Å².